The highest BCUT2D eigenvalue weighted by atomic mass is 35.5. The molecule has 0 aromatic carbocycles. The predicted octanol–water partition coefficient (Wildman–Crippen LogP) is 4.59. The number of piperidine rings is 1. The van der Waals surface area contributed by atoms with E-state index in [2.05, 4.69) is 26.3 Å². The maximum absolute atomic E-state index is 15.9. The van der Waals surface area contributed by atoms with Crippen molar-refractivity contribution in [1.29, 1.82) is 5.26 Å². The Kier molecular flexibility index (Phi) is 6.39. The van der Waals surface area contributed by atoms with E-state index in [1.54, 1.807) is 42.4 Å². The third kappa shape index (κ3) is 4.72. The van der Waals surface area contributed by atoms with E-state index in [9.17, 15) is 10.4 Å². The summed E-state index contributed by atoms with van der Waals surface area (Å²) in [6, 6.07) is 5.71. The first-order chi connectivity index (χ1) is 18.2. The number of aromatic nitrogens is 7. The molecule has 0 amide bonds. The SMILES string of the molecule is Cn1cnnc1C1(F)CCN(c2c(C#N)cc(C(C)(C)O)nc2-c2cnc3nn(C(C)(C)C)c(Cl)c3c2)CC1. The zero-order valence-corrected chi connectivity index (χ0v) is 23.6. The lowest BCUT2D eigenvalue weighted by Crippen LogP contribution is -2.42. The molecule has 4 aromatic rings. The summed E-state index contributed by atoms with van der Waals surface area (Å²) in [5.74, 6) is 0.290. The van der Waals surface area contributed by atoms with Crippen LogP contribution in [0.1, 0.15) is 64.5 Å². The van der Waals surface area contributed by atoms with Crippen LogP contribution in [0.2, 0.25) is 5.15 Å². The number of aryl methyl sites for hydroxylation is 1. The van der Waals surface area contributed by atoms with Gasteiger partial charge in [0.2, 0.25) is 0 Å². The topological polar surface area (TPSA) is 122 Å². The van der Waals surface area contributed by atoms with E-state index in [0.717, 1.165) is 0 Å². The normalized spacial score (nSPS) is 16.1. The van der Waals surface area contributed by atoms with Crippen LogP contribution in [0.4, 0.5) is 10.1 Å². The predicted molar refractivity (Wildman–Crippen MR) is 146 cm³/mol. The minimum atomic E-state index is -1.63. The van der Waals surface area contributed by atoms with Crippen molar-refractivity contribution in [2.45, 2.75) is 64.3 Å². The van der Waals surface area contributed by atoms with Gasteiger partial charge in [0.15, 0.2) is 17.1 Å². The summed E-state index contributed by atoms with van der Waals surface area (Å²) in [7, 11) is 1.73. The van der Waals surface area contributed by atoms with Gasteiger partial charge in [-0.15, -0.1) is 10.2 Å². The standard InChI is InChI=1S/C27H31ClFN9O/c1-25(2,3)38-22(28)18-11-17(14-31-23(18)35-38)20-21(16(13-30)12-19(33-20)26(4,5)39)37-9-7-27(29,8-10-37)24-34-32-15-36(24)6/h11-12,14-15,39H,7-10H2,1-6H3. The zero-order valence-electron chi connectivity index (χ0n) is 22.9. The number of nitrogens with zero attached hydrogens (tertiary/aromatic N) is 9. The molecule has 0 spiro atoms. The molecule has 5 rings (SSSR count). The fourth-order valence-electron chi connectivity index (χ4n) is 4.97. The lowest BCUT2D eigenvalue weighted by atomic mass is 9.90. The van der Waals surface area contributed by atoms with Crippen molar-refractivity contribution in [3.05, 3.63) is 46.9 Å². The van der Waals surface area contributed by atoms with Gasteiger partial charge in [-0.25, -0.2) is 19.0 Å². The van der Waals surface area contributed by atoms with Gasteiger partial charge in [0.05, 0.1) is 33.6 Å². The Morgan fingerprint density at radius 2 is 1.85 bits per heavy atom. The number of pyridine rings is 2. The molecule has 204 valence electrons. The maximum atomic E-state index is 15.9. The van der Waals surface area contributed by atoms with Crippen LogP contribution in [0.25, 0.3) is 22.3 Å². The highest BCUT2D eigenvalue weighted by Crippen LogP contribution is 2.42. The summed E-state index contributed by atoms with van der Waals surface area (Å²) in [6.45, 7) is 9.88. The monoisotopic (exact) mass is 551 g/mol. The molecule has 10 nitrogen and oxygen atoms in total. The number of anilines is 1. The minimum Gasteiger partial charge on any atom is -0.384 e. The second kappa shape index (κ2) is 9.24. The molecule has 0 unspecified atom stereocenters. The molecule has 5 heterocycles. The minimum absolute atomic E-state index is 0.165. The molecular weight excluding hydrogens is 521 g/mol. The zero-order chi connectivity index (χ0) is 28.3. The number of hydrogen-bond acceptors (Lipinski definition) is 8. The van der Waals surface area contributed by atoms with E-state index >= 15 is 4.39 Å². The van der Waals surface area contributed by atoms with Gasteiger partial charge >= 0.3 is 0 Å². The molecule has 0 saturated carbocycles. The fraction of sp³-hybridized carbons (Fsp3) is 0.481. The Morgan fingerprint density at radius 1 is 1.15 bits per heavy atom. The highest BCUT2D eigenvalue weighted by molar-refractivity contribution is 6.34. The Hall–Kier alpha value is -3.62. The third-order valence-corrected chi connectivity index (χ3v) is 7.47. The molecule has 0 atom stereocenters. The molecule has 39 heavy (non-hydrogen) atoms. The fourth-order valence-corrected chi connectivity index (χ4v) is 5.40. The maximum Gasteiger partial charge on any atom is 0.182 e. The second-order valence-corrected chi connectivity index (χ2v) is 12.0. The van der Waals surface area contributed by atoms with Crippen LogP contribution in [0, 0.1) is 11.3 Å². The van der Waals surface area contributed by atoms with E-state index < -0.39 is 11.3 Å². The summed E-state index contributed by atoms with van der Waals surface area (Å²) in [5, 5.41) is 34.5. The summed E-state index contributed by atoms with van der Waals surface area (Å²) in [4.78, 5) is 11.3. The Labute approximate surface area is 231 Å². The first-order valence-electron chi connectivity index (χ1n) is 12.7. The van der Waals surface area contributed by atoms with E-state index in [1.807, 2.05) is 31.7 Å². The van der Waals surface area contributed by atoms with Crippen LogP contribution in [0.5, 0.6) is 0 Å². The lowest BCUT2D eigenvalue weighted by Gasteiger charge is -2.38. The number of hydrogen-bond donors (Lipinski definition) is 1. The molecule has 0 radical (unpaired) electrons. The average molecular weight is 552 g/mol. The van der Waals surface area contributed by atoms with Crippen LogP contribution < -0.4 is 4.90 Å². The van der Waals surface area contributed by atoms with Gasteiger partial charge in [-0.2, -0.15) is 10.4 Å². The van der Waals surface area contributed by atoms with Crippen LogP contribution in [0.3, 0.4) is 0 Å². The molecule has 1 aliphatic rings. The van der Waals surface area contributed by atoms with Crippen molar-refractivity contribution in [3.63, 3.8) is 0 Å². The van der Waals surface area contributed by atoms with E-state index in [4.69, 9.17) is 16.6 Å². The number of rotatable bonds is 4. The van der Waals surface area contributed by atoms with Crippen molar-refractivity contribution in [3.8, 4) is 17.3 Å². The Bertz CT molecular complexity index is 1600. The molecule has 12 heteroatoms. The van der Waals surface area contributed by atoms with E-state index in [-0.39, 0.29) is 18.4 Å². The number of halogens is 2. The van der Waals surface area contributed by atoms with Crippen molar-refractivity contribution in [1.82, 2.24) is 34.5 Å². The molecule has 4 aromatic heterocycles. The van der Waals surface area contributed by atoms with Crippen LogP contribution in [-0.2, 0) is 23.9 Å². The van der Waals surface area contributed by atoms with Crippen molar-refractivity contribution in [2.75, 3.05) is 18.0 Å². The van der Waals surface area contributed by atoms with Crippen LogP contribution in [0.15, 0.2) is 24.7 Å². The number of alkyl halides is 1. The first-order valence-corrected chi connectivity index (χ1v) is 13.1. The molecule has 1 fully saturated rings. The third-order valence-electron chi connectivity index (χ3n) is 7.10. The molecule has 1 saturated heterocycles. The van der Waals surface area contributed by atoms with Gasteiger partial charge in [-0.05, 0) is 46.8 Å². The number of fused-ring (bicyclic) bond motifs is 1. The summed E-state index contributed by atoms with van der Waals surface area (Å²) in [6.07, 6.45) is 3.46. The quantitative estimate of drug-likeness (QED) is 0.391. The van der Waals surface area contributed by atoms with Gasteiger partial charge in [0.25, 0.3) is 0 Å². The van der Waals surface area contributed by atoms with E-state index in [0.29, 0.717) is 63.3 Å². The Balaban J connectivity index is 1.64. The number of aliphatic hydroxyl groups is 1. The summed E-state index contributed by atoms with van der Waals surface area (Å²) >= 11 is 6.73. The van der Waals surface area contributed by atoms with Gasteiger partial charge in [-0.1, -0.05) is 11.6 Å². The lowest BCUT2D eigenvalue weighted by molar-refractivity contribution is 0.0739. The van der Waals surface area contributed by atoms with Gasteiger partial charge in [-0.3, -0.25) is 0 Å². The largest absolute Gasteiger partial charge is 0.384 e. The summed E-state index contributed by atoms with van der Waals surface area (Å²) in [5.41, 5.74) is -0.493. The average Bonchev–Trinajstić information content (AvgIpc) is 3.46. The van der Waals surface area contributed by atoms with E-state index in [1.165, 1.54) is 6.33 Å². The first kappa shape index (κ1) is 27.0. The Morgan fingerprint density at radius 3 is 2.41 bits per heavy atom. The van der Waals surface area contributed by atoms with Crippen LogP contribution >= 0.6 is 11.6 Å². The van der Waals surface area contributed by atoms with Crippen molar-refractivity contribution in [2.24, 2.45) is 7.05 Å². The number of nitriles is 1. The second-order valence-electron chi connectivity index (χ2n) is 11.6. The molecular formula is C27H31ClFN9O. The van der Waals surface area contributed by atoms with Crippen molar-refractivity contribution < 1.29 is 9.50 Å². The molecule has 1 aliphatic heterocycles. The van der Waals surface area contributed by atoms with Gasteiger partial charge in [0.1, 0.15) is 23.2 Å². The molecule has 0 aliphatic carbocycles. The van der Waals surface area contributed by atoms with Gasteiger partial charge < -0.3 is 14.6 Å². The molecule has 0 bridgehead atoms. The molecule has 1 N–H and O–H groups in total. The van der Waals surface area contributed by atoms with Gasteiger partial charge in [0, 0.05) is 44.7 Å². The van der Waals surface area contributed by atoms with Crippen LogP contribution in [-0.4, -0.2) is 52.7 Å². The highest BCUT2D eigenvalue weighted by Gasteiger charge is 2.41. The summed E-state index contributed by atoms with van der Waals surface area (Å²) < 4.78 is 19.3. The smallest absolute Gasteiger partial charge is 0.182 e. The van der Waals surface area contributed by atoms with Crippen molar-refractivity contribution >= 4 is 28.3 Å².